The van der Waals surface area contributed by atoms with Crippen LogP contribution in [0.2, 0.25) is 0 Å². The molecule has 39 heavy (non-hydrogen) atoms. The number of hydrogen-bond acceptors (Lipinski definition) is 11. The number of hydrogen-bond donors (Lipinski definition) is 3. The number of amides is 1. The minimum atomic E-state index is -1.04. The van der Waals surface area contributed by atoms with Gasteiger partial charge in [0.1, 0.15) is 5.82 Å². The molecule has 1 aromatic carbocycles. The maximum Gasteiger partial charge on any atom is 0.335 e. The molecule has 198 valence electrons. The van der Waals surface area contributed by atoms with Gasteiger partial charge in [-0.2, -0.15) is 5.26 Å². The second kappa shape index (κ2) is 11.0. The number of nitriles is 1. The number of Topliss-reactive ketones (excluding diaryl/α,β-unsaturated/α-hetero) is 1. The number of aryl methyl sites for hydroxylation is 1. The highest BCUT2D eigenvalue weighted by Gasteiger charge is 2.41. The van der Waals surface area contributed by atoms with Crippen LogP contribution in [0.3, 0.4) is 0 Å². The van der Waals surface area contributed by atoms with Crippen LogP contribution in [0.25, 0.3) is 0 Å². The average molecular weight is 579 g/mol. The van der Waals surface area contributed by atoms with Gasteiger partial charge in [0.05, 0.1) is 28.9 Å². The van der Waals surface area contributed by atoms with Crippen LogP contribution in [-0.2, 0) is 9.59 Å². The summed E-state index contributed by atoms with van der Waals surface area (Å²) in [5.41, 5.74) is 8.83. The van der Waals surface area contributed by atoms with E-state index >= 15 is 0 Å². The van der Waals surface area contributed by atoms with Gasteiger partial charge in [-0.05, 0) is 56.2 Å². The molecule has 0 radical (unpaired) electrons. The molecule has 0 bridgehead atoms. The van der Waals surface area contributed by atoms with Crippen LogP contribution < -0.4 is 16.0 Å². The molecule has 3 aromatic rings. The van der Waals surface area contributed by atoms with Crippen molar-refractivity contribution in [2.75, 3.05) is 16.0 Å². The summed E-state index contributed by atoms with van der Waals surface area (Å²) in [7, 11) is 0. The predicted octanol–water partition coefficient (Wildman–Crippen LogP) is 4.64. The summed E-state index contributed by atoms with van der Waals surface area (Å²) < 4.78 is 0.521. The second-order valence-corrected chi connectivity index (χ2v) is 12.3. The number of carboxylic acid groups (broad SMARTS) is 1. The number of nitrogens with two attached hydrogens (primary N) is 1. The summed E-state index contributed by atoms with van der Waals surface area (Å²) in [6.07, 6.45) is 1.71. The molecule has 1 unspecified atom stereocenters. The van der Waals surface area contributed by atoms with Crippen LogP contribution >= 0.6 is 34.4 Å². The minimum Gasteiger partial charge on any atom is -0.478 e. The fourth-order valence-corrected chi connectivity index (χ4v) is 7.25. The molecular formula is C26H22N6O4S3. The van der Waals surface area contributed by atoms with Crippen LogP contribution in [0.4, 0.5) is 10.8 Å². The topological polar surface area (TPSA) is 162 Å². The van der Waals surface area contributed by atoms with Crippen LogP contribution in [0.1, 0.15) is 45.3 Å². The number of nitrogens with one attached hydrogen (secondary N) is 1. The Morgan fingerprint density at radius 3 is 2.64 bits per heavy atom. The van der Waals surface area contributed by atoms with E-state index in [4.69, 9.17) is 10.8 Å². The molecule has 2 aromatic heterocycles. The third-order valence-electron chi connectivity index (χ3n) is 6.29. The van der Waals surface area contributed by atoms with E-state index in [1.54, 1.807) is 16.2 Å². The molecule has 0 saturated carbocycles. The Hall–Kier alpha value is -3.99. The number of nitrogens with zero attached hydrogens (tertiary/aromatic N) is 4. The molecule has 4 N–H and O–H groups in total. The number of carbonyl (C=O) groups excluding carboxylic acids is 2. The van der Waals surface area contributed by atoms with E-state index in [0.29, 0.717) is 45.6 Å². The van der Waals surface area contributed by atoms with Crippen molar-refractivity contribution in [2.24, 2.45) is 5.73 Å². The molecule has 13 heteroatoms. The van der Waals surface area contributed by atoms with E-state index in [2.05, 4.69) is 21.6 Å². The first-order valence-electron chi connectivity index (χ1n) is 11.9. The van der Waals surface area contributed by atoms with Crippen molar-refractivity contribution in [2.45, 2.75) is 36.4 Å². The molecule has 1 aliphatic heterocycles. The maximum absolute atomic E-state index is 13.2. The Morgan fingerprint density at radius 1 is 1.21 bits per heavy atom. The first kappa shape index (κ1) is 26.6. The molecule has 5 rings (SSSR count). The summed E-state index contributed by atoms with van der Waals surface area (Å²) in [4.78, 5) is 40.3. The number of thiophene rings is 1. The van der Waals surface area contributed by atoms with Crippen LogP contribution in [0.15, 0.2) is 63.4 Å². The molecule has 1 atom stereocenters. The third-order valence-corrected chi connectivity index (χ3v) is 9.40. The lowest BCUT2D eigenvalue weighted by Crippen LogP contribution is -2.38. The summed E-state index contributed by atoms with van der Waals surface area (Å²) in [5, 5.41) is 30.7. The van der Waals surface area contributed by atoms with Crippen molar-refractivity contribution in [1.29, 1.82) is 5.26 Å². The van der Waals surface area contributed by atoms with Gasteiger partial charge in [-0.15, -0.1) is 21.5 Å². The standard InChI is InChI=1S/C26H22N6O4S3/c1-13-5-10-19(38-13)21-16(11-27)23(28)32(17-3-2-4-18(33)22(17)21)25-30-31-26(39-25)37-12-20(34)29-15-8-6-14(7-9-15)24(35)36/h5-10,21H,2-4,12,28H2,1H3,(H,29,34)(H,35,36). The van der Waals surface area contributed by atoms with Gasteiger partial charge in [0, 0.05) is 33.1 Å². The van der Waals surface area contributed by atoms with E-state index in [1.165, 1.54) is 47.4 Å². The predicted molar refractivity (Wildman–Crippen MR) is 150 cm³/mol. The largest absolute Gasteiger partial charge is 0.478 e. The smallest absolute Gasteiger partial charge is 0.335 e. The molecule has 10 nitrogen and oxygen atoms in total. The van der Waals surface area contributed by atoms with E-state index in [1.807, 2.05) is 19.1 Å². The second-order valence-electron chi connectivity index (χ2n) is 8.83. The zero-order chi connectivity index (χ0) is 27.7. The van der Waals surface area contributed by atoms with Gasteiger partial charge >= 0.3 is 5.97 Å². The maximum atomic E-state index is 13.2. The van der Waals surface area contributed by atoms with E-state index < -0.39 is 11.9 Å². The minimum absolute atomic E-state index is 0.00438. The van der Waals surface area contributed by atoms with Crippen molar-refractivity contribution in [1.82, 2.24) is 10.2 Å². The number of thioether (sulfide) groups is 1. The zero-order valence-corrected chi connectivity index (χ0v) is 23.1. The van der Waals surface area contributed by atoms with Crippen molar-refractivity contribution in [3.63, 3.8) is 0 Å². The molecule has 0 fully saturated rings. The highest BCUT2D eigenvalue weighted by atomic mass is 32.2. The van der Waals surface area contributed by atoms with E-state index in [0.717, 1.165) is 15.5 Å². The zero-order valence-electron chi connectivity index (χ0n) is 20.6. The normalized spacial score (nSPS) is 17.2. The fraction of sp³-hybridized carbons (Fsp3) is 0.231. The summed E-state index contributed by atoms with van der Waals surface area (Å²) >= 11 is 3.96. The number of carbonyl (C=O) groups is 3. The van der Waals surface area contributed by atoms with Gasteiger partial charge in [-0.25, -0.2) is 4.79 Å². The molecule has 2 aliphatic rings. The summed E-state index contributed by atoms with van der Waals surface area (Å²) in [5.74, 6) is -1.54. The number of ketones is 1. The fourth-order valence-electron chi connectivity index (χ4n) is 4.57. The quantitative estimate of drug-likeness (QED) is 0.337. The first-order chi connectivity index (χ1) is 18.8. The lowest BCUT2D eigenvalue weighted by atomic mass is 9.78. The molecule has 1 aliphatic carbocycles. The average Bonchev–Trinajstić information content (AvgIpc) is 3.56. The monoisotopic (exact) mass is 578 g/mol. The Kier molecular flexibility index (Phi) is 7.51. The van der Waals surface area contributed by atoms with E-state index in [9.17, 15) is 19.6 Å². The van der Waals surface area contributed by atoms with Gasteiger partial charge < -0.3 is 16.2 Å². The summed E-state index contributed by atoms with van der Waals surface area (Å²) in [6, 6.07) is 12.0. The van der Waals surface area contributed by atoms with Crippen molar-refractivity contribution in [3.05, 3.63) is 74.4 Å². The Balaban J connectivity index is 1.36. The Bertz CT molecular complexity index is 1580. The number of carboxylic acids is 1. The van der Waals surface area contributed by atoms with Crippen molar-refractivity contribution < 1.29 is 19.5 Å². The third kappa shape index (κ3) is 5.31. The lowest BCUT2D eigenvalue weighted by Gasteiger charge is -2.37. The van der Waals surface area contributed by atoms with Crippen LogP contribution in [0.5, 0.6) is 0 Å². The van der Waals surface area contributed by atoms with Crippen LogP contribution in [0, 0.1) is 18.3 Å². The van der Waals surface area contributed by atoms with Crippen molar-refractivity contribution in [3.8, 4) is 6.07 Å². The molecule has 3 heterocycles. The SMILES string of the molecule is Cc1ccc(C2C(C#N)=C(N)N(c3nnc(SCC(=O)Nc4ccc(C(=O)O)cc4)s3)C3=C2C(=O)CCC3)s1. The van der Waals surface area contributed by atoms with Gasteiger partial charge in [0.25, 0.3) is 0 Å². The highest BCUT2D eigenvalue weighted by molar-refractivity contribution is 8.01. The van der Waals surface area contributed by atoms with Crippen molar-refractivity contribution >= 4 is 62.9 Å². The van der Waals surface area contributed by atoms with Gasteiger partial charge in [0.2, 0.25) is 11.0 Å². The molecular weight excluding hydrogens is 557 g/mol. The number of rotatable bonds is 7. The van der Waals surface area contributed by atoms with Gasteiger partial charge in [-0.3, -0.25) is 14.5 Å². The number of aromatic carboxylic acids is 1. The number of allylic oxidation sites excluding steroid dienone is 3. The Morgan fingerprint density at radius 2 is 1.97 bits per heavy atom. The highest BCUT2D eigenvalue weighted by Crippen LogP contribution is 2.48. The Labute approximate surface area is 235 Å². The molecule has 1 amide bonds. The lowest BCUT2D eigenvalue weighted by molar-refractivity contribution is -0.116. The number of benzene rings is 1. The van der Waals surface area contributed by atoms with Gasteiger partial charge in [-0.1, -0.05) is 23.1 Å². The first-order valence-corrected chi connectivity index (χ1v) is 14.5. The molecule has 0 saturated heterocycles. The van der Waals surface area contributed by atoms with E-state index in [-0.39, 0.29) is 28.8 Å². The number of aromatic nitrogens is 2. The van der Waals surface area contributed by atoms with Crippen LogP contribution in [-0.4, -0.2) is 38.7 Å². The molecule has 0 spiro atoms. The summed E-state index contributed by atoms with van der Waals surface area (Å²) in [6.45, 7) is 1.98. The van der Waals surface area contributed by atoms with Gasteiger partial charge in [0.15, 0.2) is 10.1 Å². The number of anilines is 2.